The molecule has 0 heterocycles. The Kier molecular flexibility index (Phi) is 6.17. The monoisotopic (exact) mass is 312 g/mol. The zero-order chi connectivity index (χ0) is 15.6. The third-order valence-corrected chi connectivity index (χ3v) is 7.64. The van der Waals surface area contributed by atoms with Crippen LogP contribution in [0.3, 0.4) is 0 Å². The number of fused-ring (bicyclic) bond motifs is 2. The van der Waals surface area contributed by atoms with E-state index in [9.17, 15) is 0 Å². The van der Waals surface area contributed by atoms with Crippen LogP contribution >= 0.6 is 9.24 Å². The maximum atomic E-state index is 6.08. The fourth-order valence-corrected chi connectivity index (χ4v) is 5.72. The molecule has 0 aliphatic heterocycles. The standard InChI is InChI=1S/C19H37OP/c1-13(12-21)10-15(3)18-16-11-19(4,20-5)17(18)9-7-6-8-14(16)2/h13-18H,6-12,21H2,1-5H3. The van der Waals surface area contributed by atoms with E-state index in [0.29, 0.717) is 0 Å². The first-order chi connectivity index (χ1) is 9.92. The summed E-state index contributed by atoms with van der Waals surface area (Å²) in [6.45, 7) is 9.84. The van der Waals surface area contributed by atoms with Gasteiger partial charge in [-0.2, -0.15) is 0 Å². The molecule has 0 aromatic rings. The molecule has 8 unspecified atom stereocenters. The Hall–Kier alpha value is 0.390. The van der Waals surface area contributed by atoms with Gasteiger partial charge in [-0.25, -0.2) is 0 Å². The summed E-state index contributed by atoms with van der Waals surface area (Å²) in [7, 11) is 4.88. The molecule has 2 aliphatic rings. The smallest absolute Gasteiger partial charge is 0.0684 e. The van der Waals surface area contributed by atoms with Crippen molar-refractivity contribution in [3.05, 3.63) is 0 Å². The van der Waals surface area contributed by atoms with Crippen LogP contribution in [0.4, 0.5) is 0 Å². The van der Waals surface area contributed by atoms with Gasteiger partial charge in [-0.3, -0.25) is 0 Å². The number of rotatable bonds is 5. The third kappa shape index (κ3) is 3.66. The molecule has 2 heteroatoms. The second kappa shape index (κ2) is 7.31. The van der Waals surface area contributed by atoms with Gasteiger partial charge in [0.1, 0.15) is 0 Å². The first-order valence-electron chi connectivity index (χ1n) is 9.18. The Morgan fingerprint density at radius 2 is 1.90 bits per heavy atom. The van der Waals surface area contributed by atoms with Crippen molar-refractivity contribution in [1.82, 2.24) is 0 Å². The fraction of sp³-hybridized carbons (Fsp3) is 1.00. The topological polar surface area (TPSA) is 9.23 Å². The minimum atomic E-state index is 0.131. The fourth-order valence-electron chi connectivity index (χ4n) is 5.53. The van der Waals surface area contributed by atoms with Crippen LogP contribution in [-0.2, 0) is 4.74 Å². The van der Waals surface area contributed by atoms with Gasteiger partial charge in [-0.15, -0.1) is 9.24 Å². The molecule has 8 atom stereocenters. The summed E-state index contributed by atoms with van der Waals surface area (Å²) < 4.78 is 6.08. The summed E-state index contributed by atoms with van der Waals surface area (Å²) in [5.74, 6) is 5.09. The van der Waals surface area contributed by atoms with Gasteiger partial charge in [-0.05, 0) is 67.9 Å². The minimum Gasteiger partial charge on any atom is -0.378 e. The molecule has 0 N–H and O–H groups in total. The third-order valence-electron chi connectivity index (χ3n) is 6.84. The molecular weight excluding hydrogens is 275 g/mol. The van der Waals surface area contributed by atoms with Crippen molar-refractivity contribution in [2.24, 2.45) is 35.5 Å². The summed E-state index contributed by atoms with van der Waals surface area (Å²) in [4.78, 5) is 0. The molecule has 2 fully saturated rings. The molecule has 21 heavy (non-hydrogen) atoms. The predicted molar refractivity (Wildman–Crippen MR) is 95.7 cm³/mol. The van der Waals surface area contributed by atoms with Crippen LogP contribution in [0.5, 0.6) is 0 Å². The summed E-state index contributed by atoms with van der Waals surface area (Å²) in [6, 6.07) is 0. The van der Waals surface area contributed by atoms with E-state index in [4.69, 9.17) is 4.74 Å². The van der Waals surface area contributed by atoms with Crippen molar-refractivity contribution >= 4 is 9.24 Å². The van der Waals surface area contributed by atoms with E-state index in [0.717, 1.165) is 35.5 Å². The van der Waals surface area contributed by atoms with Crippen molar-refractivity contribution in [3.8, 4) is 0 Å². The predicted octanol–water partition coefficient (Wildman–Crippen LogP) is 5.39. The molecule has 2 saturated carbocycles. The highest BCUT2D eigenvalue weighted by Crippen LogP contribution is 2.56. The molecule has 1 nitrogen and oxygen atoms in total. The van der Waals surface area contributed by atoms with Crippen molar-refractivity contribution in [2.75, 3.05) is 13.3 Å². The highest BCUT2D eigenvalue weighted by molar-refractivity contribution is 7.16. The van der Waals surface area contributed by atoms with E-state index in [1.54, 1.807) is 0 Å². The highest BCUT2D eigenvalue weighted by Gasteiger charge is 2.53. The van der Waals surface area contributed by atoms with Gasteiger partial charge in [0, 0.05) is 7.11 Å². The Morgan fingerprint density at radius 3 is 2.52 bits per heavy atom. The molecule has 0 aromatic heterocycles. The van der Waals surface area contributed by atoms with Crippen LogP contribution in [0.15, 0.2) is 0 Å². The van der Waals surface area contributed by atoms with Crippen LogP contribution in [0.2, 0.25) is 0 Å². The summed E-state index contributed by atoms with van der Waals surface area (Å²) >= 11 is 0. The second-order valence-electron chi connectivity index (χ2n) is 8.38. The first kappa shape index (κ1) is 17.7. The quantitative estimate of drug-likeness (QED) is 0.618. The average molecular weight is 312 g/mol. The molecular formula is C19H37OP. The Morgan fingerprint density at radius 1 is 1.24 bits per heavy atom. The maximum absolute atomic E-state index is 6.08. The molecule has 124 valence electrons. The normalized spacial score (nSPS) is 43.1. The Bertz CT molecular complexity index is 332. The van der Waals surface area contributed by atoms with Gasteiger partial charge in [0.25, 0.3) is 0 Å². The first-order valence-corrected chi connectivity index (χ1v) is 9.99. The van der Waals surface area contributed by atoms with E-state index < -0.39 is 0 Å². The van der Waals surface area contributed by atoms with Crippen LogP contribution in [0.25, 0.3) is 0 Å². The summed E-state index contributed by atoms with van der Waals surface area (Å²) in [6.07, 6.45) is 9.56. The molecule has 2 aliphatic carbocycles. The number of hydrogen-bond acceptors (Lipinski definition) is 1. The van der Waals surface area contributed by atoms with E-state index in [1.165, 1.54) is 44.7 Å². The van der Waals surface area contributed by atoms with Gasteiger partial charge in [0.05, 0.1) is 5.60 Å². The number of methoxy groups -OCH3 is 1. The van der Waals surface area contributed by atoms with E-state index in [2.05, 4.69) is 36.9 Å². The lowest BCUT2D eigenvalue weighted by molar-refractivity contribution is -0.0420. The van der Waals surface area contributed by atoms with Gasteiger partial charge < -0.3 is 4.74 Å². The second-order valence-corrected chi connectivity index (χ2v) is 8.86. The van der Waals surface area contributed by atoms with Crippen molar-refractivity contribution in [2.45, 2.75) is 71.8 Å². The van der Waals surface area contributed by atoms with Crippen LogP contribution < -0.4 is 0 Å². The lowest BCUT2D eigenvalue weighted by Gasteiger charge is -2.39. The highest BCUT2D eigenvalue weighted by atomic mass is 31.0. The molecule has 2 bridgehead atoms. The average Bonchev–Trinajstić information content (AvgIpc) is 2.78. The summed E-state index contributed by atoms with van der Waals surface area (Å²) in [5.41, 5.74) is 0.131. The van der Waals surface area contributed by atoms with Crippen LogP contribution in [0.1, 0.15) is 66.2 Å². The van der Waals surface area contributed by atoms with E-state index in [1.807, 2.05) is 7.11 Å². The van der Waals surface area contributed by atoms with Gasteiger partial charge >= 0.3 is 0 Å². The lowest BCUT2D eigenvalue weighted by atomic mass is 9.68. The molecule has 0 aromatic carbocycles. The zero-order valence-electron chi connectivity index (χ0n) is 14.9. The van der Waals surface area contributed by atoms with Gasteiger partial charge in [0.2, 0.25) is 0 Å². The molecule has 0 saturated heterocycles. The van der Waals surface area contributed by atoms with Crippen LogP contribution in [-0.4, -0.2) is 18.9 Å². The number of ether oxygens (including phenoxy) is 1. The molecule has 2 rings (SSSR count). The van der Waals surface area contributed by atoms with Crippen molar-refractivity contribution < 1.29 is 4.74 Å². The SMILES string of the molecule is COC1(C)CC2C(C)CCCCC1C2C(C)CC(C)CP. The minimum absolute atomic E-state index is 0.131. The Labute approximate surface area is 135 Å². The van der Waals surface area contributed by atoms with E-state index >= 15 is 0 Å². The lowest BCUT2D eigenvalue weighted by Crippen LogP contribution is -2.36. The van der Waals surface area contributed by atoms with Gasteiger partial charge in [0.15, 0.2) is 0 Å². The number of hydrogen-bond donors (Lipinski definition) is 0. The van der Waals surface area contributed by atoms with Gasteiger partial charge in [-0.1, -0.05) is 40.0 Å². The van der Waals surface area contributed by atoms with Crippen LogP contribution in [0, 0.1) is 35.5 Å². The summed E-state index contributed by atoms with van der Waals surface area (Å²) in [5, 5.41) is 0. The Balaban J connectivity index is 2.23. The van der Waals surface area contributed by atoms with E-state index in [-0.39, 0.29) is 5.60 Å². The molecule has 0 radical (unpaired) electrons. The molecule has 0 spiro atoms. The van der Waals surface area contributed by atoms with Crippen molar-refractivity contribution in [3.63, 3.8) is 0 Å². The molecule has 0 amide bonds. The largest absolute Gasteiger partial charge is 0.378 e. The maximum Gasteiger partial charge on any atom is 0.0684 e. The van der Waals surface area contributed by atoms with Crippen molar-refractivity contribution in [1.29, 1.82) is 0 Å². The zero-order valence-corrected chi connectivity index (χ0v) is 16.1.